The molecule has 0 radical (unpaired) electrons. The number of terminal acetylenes is 1. The number of thiophene rings is 1. The summed E-state index contributed by atoms with van der Waals surface area (Å²) in [5.74, 6) is 2.37. The van der Waals surface area contributed by atoms with Gasteiger partial charge in [-0.25, -0.2) is 14.4 Å². The zero-order valence-electron chi connectivity index (χ0n) is 15.1. The van der Waals surface area contributed by atoms with Crippen LogP contribution >= 0.6 is 23.1 Å². The highest BCUT2D eigenvalue weighted by Crippen LogP contribution is 2.14. The van der Waals surface area contributed by atoms with Gasteiger partial charge in [-0.05, 0) is 30.9 Å². The summed E-state index contributed by atoms with van der Waals surface area (Å²) in [5, 5.41) is 5.76. The number of rotatable bonds is 4. The predicted octanol–water partition coefficient (Wildman–Crippen LogP) is 1.57. The van der Waals surface area contributed by atoms with Crippen LogP contribution in [-0.2, 0) is 22.3 Å². The van der Waals surface area contributed by atoms with E-state index >= 15 is 0 Å². The molecule has 2 aromatic heterocycles. The average molecular weight is 445 g/mol. The Morgan fingerprint density at radius 2 is 2.14 bits per heavy atom. The van der Waals surface area contributed by atoms with Crippen molar-refractivity contribution in [2.24, 2.45) is 11.4 Å². The van der Waals surface area contributed by atoms with Crippen molar-refractivity contribution in [2.45, 2.75) is 19.0 Å². The molecule has 0 bridgehead atoms. The average Bonchev–Trinajstić information content (AvgIpc) is 3.18. The minimum atomic E-state index is -2.93. The van der Waals surface area contributed by atoms with Crippen molar-refractivity contribution in [2.75, 3.05) is 12.4 Å². The summed E-state index contributed by atoms with van der Waals surface area (Å²) in [6, 6.07) is 0.564. The van der Waals surface area contributed by atoms with E-state index in [0.29, 0.717) is 16.2 Å². The Hall–Kier alpha value is -2.69. The van der Waals surface area contributed by atoms with Crippen LogP contribution in [0.2, 0.25) is 0 Å². The molecular weight excluding hydrogens is 428 g/mol. The van der Waals surface area contributed by atoms with Crippen LogP contribution in [0.5, 0.6) is 0 Å². The van der Waals surface area contributed by atoms with E-state index in [-0.39, 0.29) is 16.9 Å². The maximum atomic E-state index is 11.5. The van der Waals surface area contributed by atoms with E-state index in [1.807, 2.05) is 18.4 Å². The van der Waals surface area contributed by atoms with Gasteiger partial charge in [0.25, 0.3) is 0 Å². The first-order valence-corrected chi connectivity index (χ1v) is 10.4. The Morgan fingerprint density at radius 1 is 1.46 bits per heavy atom. The van der Waals surface area contributed by atoms with Gasteiger partial charge in [0.1, 0.15) is 4.88 Å². The van der Waals surface area contributed by atoms with Gasteiger partial charge in [0.15, 0.2) is 5.16 Å². The van der Waals surface area contributed by atoms with Gasteiger partial charge in [-0.3, -0.25) is 4.57 Å². The second-order valence-electron chi connectivity index (χ2n) is 4.83. The molecule has 2 aromatic rings. The van der Waals surface area contributed by atoms with Crippen LogP contribution in [0.3, 0.4) is 0 Å². The number of thioether (sulfide) groups is 1. The molecule has 10 nitrogen and oxygen atoms in total. The minimum Gasteiger partial charge on any atom is -0.462 e. The molecule has 28 heavy (non-hydrogen) atoms. The van der Waals surface area contributed by atoms with Crippen LogP contribution in [0.25, 0.3) is 0 Å². The van der Waals surface area contributed by atoms with Gasteiger partial charge in [-0.2, -0.15) is 8.42 Å². The normalized spacial score (nSPS) is 9.64. The van der Waals surface area contributed by atoms with Gasteiger partial charge >= 0.3 is 28.2 Å². The van der Waals surface area contributed by atoms with Crippen molar-refractivity contribution >= 4 is 45.6 Å². The quantitative estimate of drug-likeness (QED) is 0.395. The summed E-state index contributed by atoms with van der Waals surface area (Å²) in [4.78, 5) is 34.4. The monoisotopic (exact) mass is 444 g/mol. The van der Waals surface area contributed by atoms with Gasteiger partial charge in [-0.1, -0.05) is 22.0 Å². The third kappa shape index (κ3) is 6.80. The molecule has 150 valence electrons. The van der Waals surface area contributed by atoms with Crippen molar-refractivity contribution in [1.82, 2.24) is 14.3 Å². The second kappa shape index (κ2) is 11.2. The third-order valence-corrected chi connectivity index (χ3v) is 5.02. The summed E-state index contributed by atoms with van der Waals surface area (Å²) >= 11 is 2.49. The number of hydrogen-bond donors (Lipinski definition) is 0. The van der Waals surface area contributed by atoms with Crippen molar-refractivity contribution in [3.63, 3.8) is 0 Å². The zero-order valence-corrected chi connectivity index (χ0v) is 17.6. The molecule has 0 spiro atoms. The van der Waals surface area contributed by atoms with Crippen LogP contribution in [0, 0.1) is 19.3 Å². The van der Waals surface area contributed by atoms with E-state index < -0.39 is 22.2 Å². The first kappa shape index (κ1) is 23.3. The number of esters is 1. The van der Waals surface area contributed by atoms with Crippen molar-refractivity contribution in [1.29, 1.82) is 0 Å². The first-order valence-electron chi connectivity index (χ1n) is 7.51. The number of aromatic nitrogens is 3. The summed E-state index contributed by atoms with van der Waals surface area (Å²) in [6.07, 6.45) is 5.04. The largest absolute Gasteiger partial charge is 0.462 e. The van der Waals surface area contributed by atoms with E-state index in [1.165, 1.54) is 18.4 Å². The lowest BCUT2D eigenvalue weighted by Gasteiger charge is -1.95. The molecule has 1 amide bonds. The fourth-order valence-electron chi connectivity index (χ4n) is 1.62. The molecule has 0 aliphatic carbocycles. The Bertz CT molecular complexity index is 1080. The van der Waals surface area contributed by atoms with Gasteiger partial charge in [0.2, 0.25) is 0 Å². The van der Waals surface area contributed by atoms with Gasteiger partial charge < -0.3 is 4.74 Å². The summed E-state index contributed by atoms with van der Waals surface area (Å²) in [7, 11) is -1.55. The first-order chi connectivity index (χ1) is 13.2. The number of aryl methyl sites for hydroxylation is 1. The van der Waals surface area contributed by atoms with Crippen molar-refractivity contribution in [3.05, 3.63) is 32.4 Å². The second-order valence-corrected chi connectivity index (χ2v) is 7.30. The molecule has 13 heteroatoms. The molecule has 0 aliphatic heterocycles. The number of nitrogens with zero attached hydrogens (tertiary/aromatic N) is 4. The Labute approximate surface area is 170 Å². The molecule has 0 aliphatic rings. The van der Waals surface area contributed by atoms with Gasteiger partial charge in [0.05, 0.1) is 12.4 Å². The SMILES string of the molecule is C#CCSc1nn(C(=O)N=S(=O)=O)c(=O)n1C.CCOC(=O)c1cc(C)cs1. The Kier molecular flexibility index (Phi) is 9.36. The molecule has 0 fully saturated rings. The van der Waals surface area contributed by atoms with Gasteiger partial charge in [-0.15, -0.1) is 27.5 Å². The van der Waals surface area contributed by atoms with Gasteiger partial charge in [0, 0.05) is 7.05 Å². The predicted molar refractivity (Wildman–Crippen MR) is 104 cm³/mol. The topological polar surface area (TPSA) is 130 Å². The lowest BCUT2D eigenvalue weighted by atomic mass is 10.3. The summed E-state index contributed by atoms with van der Waals surface area (Å²) in [6.45, 7) is 4.20. The molecule has 0 saturated carbocycles. The molecule has 0 unspecified atom stereocenters. The van der Waals surface area contributed by atoms with E-state index in [9.17, 15) is 22.8 Å². The molecule has 0 atom stereocenters. The van der Waals surface area contributed by atoms with E-state index in [4.69, 9.17) is 11.2 Å². The van der Waals surface area contributed by atoms with Crippen LogP contribution in [0.15, 0.2) is 25.8 Å². The number of hydrogen-bond acceptors (Lipinski definition) is 9. The fraction of sp³-hybridized carbons (Fsp3) is 0.333. The smallest absolute Gasteiger partial charge is 0.387 e. The van der Waals surface area contributed by atoms with Crippen LogP contribution in [-0.4, -0.2) is 47.1 Å². The summed E-state index contributed by atoms with van der Waals surface area (Å²) in [5.41, 5.74) is 0.321. The lowest BCUT2D eigenvalue weighted by Crippen LogP contribution is -2.27. The van der Waals surface area contributed by atoms with Crippen molar-refractivity contribution < 1.29 is 22.7 Å². The van der Waals surface area contributed by atoms with Crippen LogP contribution in [0.1, 0.15) is 22.2 Å². The molecule has 0 saturated heterocycles. The number of carbonyl (C=O) groups excluding carboxylic acids is 2. The van der Waals surface area contributed by atoms with Crippen LogP contribution in [0.4, 0.5) is 4.79 Å². The highest BCUT2D eigenvalue weighted by Gasteiger charge is 2.16. The summed E-state index contributed by atoms with van der Waals surface area (Å²) < 4.78 is 29.3. The third-order valence-electron chi connectivity index (χ3n) is 2.77. The molecule has 2 heterocycles. The Morgan fingerprint density at radius 3 is 2.64 bits per heavy atom. The maximum Gasteiger partial charge on any atom is 0.387 e. The maximum absolute atomic E-state index is 11.5. The molecule has 0 N–H and O–H groups in total. The Balaban J connectivity index is 0.000000307. The highest BCUT2D eigenvalue weighted by atomic mass is 32.2. The molecule has 2 rings (SSSR count). The zero-order chi connectivity index (χ0) is 21.3. The number of amides is 1. The standard InChI is InChI=1S/C8H10O2S.C7H6N4O4S2/c1-3-10-8(9)7-4-6(2)5-11-7;1-3-4-16-6-8-11(7(13)10(6)2)5(12)9-17(14)15/h4-5H,3H2,1-2H3;1H,4H2,2H3. The highest BCUT2D eigenvalue weighted by molar-refractivity contribution is 7.99. The van der Waals surface area contributed by atoms with E-state index in [2.05, 4.69) is 15.4 Å². The molecule has 0 aromatic carbocycles. The minimum absolute atomic E-state index is 0.202. The number of ether oxygens (including phenoxy) is 1. The lowest BCUT2D eigenvalue weighted by molar-refractivity contribution is 0.0532. The van der Waals surface area contributed by atoms with Crippen LogP contribution < -0.4 is 5.69 Å². The fourth-order valence-corrected chi connectivity index (χ4v) is 3.24. The van der Waals surface area contributed by atoms with Crippen molar-refractivity contribution in [3.8, 4) is 12.3 Å². The molecular formula is C15H16N4O6S3. The van der Waals surface area contributed by atoms with E-state index in [0.717, 1.165) is 21.9 Å². The van der Waals surface area contributed by atoms with E-state index in [1.54, 1.807) is 6.92 Å². The number of carbonyl (C=O) groups is 2.